The van der Waals surface area contributed by atoms with Gasteiger partial charge in [-0.15, -0.1) is 0 Å². The summed E-state index contributed by atoms with van der Waals surface area (Å²) in [4.78, 5) is 23.9. The summed E-state index contributed by atoms with van der Waals surface area (Å²) < 4.78 is 11.0. The standard InChI is InChI=1S/C27H32ClNO5/c1-2-33-27(32)26(31)29-23-16-22(28)25(21-10-6-9-20(21)23)34-19-13-14-24(30)18(15-19)12-11-17-7-4-3-5-8-17/h13-17,30H,2-12H2,1H3,(H,29,31). The Labute approximate surface area is 205 Å². The summed E-state index contributed by atoms with van der Waals surface area (Å²) in [6.07, 6.45) is 10.8. The Kier molecular flexibility index (Phi) is 7.99. The van der Waals surface area contributed by atoms with Gasteiger partial charge in [0.15, 0.2) is 0 Å². The van der Waals surface area contributed by atoms with Crippen molar-refractivity contribution in [2.75, 3.05) is 11.9 Å². The van der Waals surface area contributed by atoms with Gasteiger partial charge in [-0.05, 0) is 80.3 Å². The Morgan fingerprint density at radius 1 is 1.09 bits per heavy atom. The highest BCUT2D eigenvalue weighted by Crippen LogP contribution is 2.43. The van der Waals surface area contributed by atoms with Crippen LogP contribution < -0.4 is 10.1 Å². The van der Waals surface area contributed by atoms with E-state index in [0.717, 1.165) is 54.7 Å². The molecule has 2 aromatic rings. The molecule has 0 aromatic heterocycles. The second-order valence-electron chi connectivity index (χ2n) is 9.16. The van der Waals surface area contributed by atoms with Crippen LogP contribution in [0, 0.1) is 5.92 Å². The summed E-state index contributed by atoms with van der Waals surface area (Å²) in [6, 6.07) is 6.94. The summed E-state index contributed by atoms with van der Waals surface area (Å²) in [7, 11) is 0. The second kappa shape index (κ2) is 11.1. The molecule has 0 aliphatic heterocycles. The number of phenolic OH excluding ortho intramolecular Hbond substituents is 1. The van der Waals surface area contributed by atoms with Crippen molar-refractivity contribution in [3.63, 3.8) is 0 Å². The molecule has 0 radical (unpaired) electrons. The molecule has 1 amide bonds. The monoisotopic (exact) mass is 485 g/mol. The summed E-state index contributed by atoms with van der Waals surface area (Å²) in [5.41, 5.74) is 3.26. The number of fused-ring (bicyclic) bond motifs is 1. The highest BCUT2D eigenvalue weighted by molar-refractivity contribution is 6.38. The van der Waals surface area contributed by atoms with E-state index < -0.39 is 11.9 Å². The number of aromatic hydroxyl groups is 1. The van der Waals surface area contributed by atoms with Crippen molar-refractivity contribution in [1.29, 1.82) is 0 Å². The lowest BCUT2D eigenvalue weighted by Crippen LogP contribution is -2.25. The van der Waals surface area contributed by atoms with Gasteiger partial charge in [0.2, 0.25) is 0 Å². The first kappa shape index (κ1) is 24.4. The fourth-order valence-electron chi connectivity index (χ4n) is 5.09. The number of carbonyl (C=O) groups excluding carboxylic acids is 2. The largest absolute Gasteiger partial charge is 0.508 e. The minimum atomic E-state index is -0.921. The molecule has 2 aliphatic carbocycles. The van der Waals surface area contributed by atoms with Crippen molar-refractivity contribution in [3.05, 3.63) is 46.0 Å². The topological polar surface area (TPSA) is 84.9 Å². The number of phenols is 1. The Morgan fingerprint density at radius 2 is 1.85 bits per heavy atom. The van der Waals surface area contributed by atoms with Gasteiger partial charge in [-0.25, -0.2) is 4.79 Å². The van der Waals surface area contributed by atoms with Gasteiger partial charge in [0, 0.05) is 11.3 Å². The van der Waals surface area contributed by atoms with Crippen LogP contribution in [0.15, 0.2) is 24.3 Å². The van der Waals surface area contributed by atoms with Gasteiger partial charge >= 0.3 is 11.9 Å². The van der Waals surface area contributed by atoms with Crippen LogP contribution in [0.25, 0.3) is 0 Å². The molecule has 7 heteroatoms. The molecule has 182 valence electrons. The quantitative estimate of drug-likeness (QED) is 0.353. The zero-order valence-electron chi connectivity index (χ0n) is 19.6. The minimum absolute atomic E-state index is 0.132. The highest BCUT2D eigenvalue weighted by Gasteiger charge is 2.26. The van der Waals surface area contributed by atoms with Crippen molar-refractivity contribution in [2.24, 2.45) is 5.92 Å². The van der Waals surface area contributed by atoms with Crippen LogP contribution >= 0.6 is 11.6 Å². The van der Waals surface area contributed by atoms with Crippen molar-refractivity contribution in [1.82, 2.24) is 0 Å². The molecule has 0 saturated heterocycles. The lowest BCUT2D eigenvalue weighted by atomic mass is 9.85. The first-order valence-electron chi connectivity index (χ1n) is 12.3. The van der Waals surface area contributed by atoms with Crippen molar-refractivity contribution >= 4 is 29.2 Å². The number of hydrogen-bond donors (Lipinski definition) is 2. The lowest BCUT2D eigenvalue weighted by molar-refractivity contribution is -0.152. The van der Waals surface area contributed by atoms with E-state index in [-0.39, 0.29) is 12.4 Å². The maximum absolute atomic E-state index is 12.2. The molecule has 2 aliphatic rings. The Bertz CT molecular complexity index is 1060. The van der Waals surface area contributed by atoms with E-state index in [4.69, 9.17) is 21.1 Å². The third kappa shape index (κ3) is 5.66. The van der Waals surface area contributed by atoms with E-state index in [1.807, 2.05) is 6.07 Å². The average Bonchev–Trinajstić information content (AvgIpc) is 3.33. The average molecular weight is 486 g/mol. The maximum atomic E-state index is 12.2. The molecule has 2 N–H and O–H groups in total. The van der Waals surface area contributed by atoms with E-state index in [0.29, 0.717) is 22.2 Å². The molecule has 2 aromatic carbocycles. The van der Waals surface area contributed by atoms with Gasteiger partial charge in [0.25, 0.3) is 0 Å². The summed E-state index contributed by atoms with van der Waals surface area (Å²) >= 11 is 6.58. The number of benzene rings is 2. The molecule has 1 saturated carbocycles. The number of rotatable bonds is 7. The van der Waals surface area contributed by atoms with Gasteiger partial charge in [0.05, 0.1) is 11.6 Å². The van der Waals surface area contributed by atoms with Crippen molar-refractivity contribution in [2.45, 2.75) is 71.1 Å². The van der Waals surface area contributed by atoms with Crippen LogP contribution in [-0.4, -0.2) is 23.6 Å². The number of nitrogens with one attached hydrogen (secondary N) is 1. The van der Waals surface area contributed by atoms with E-state index in [2.05, 4.69) is 5.32 Å². The number of carbonyl (C=O) groups is 2. The molecule has 0 heterocycles. The van der Waals surface area contributed by atoms with Crippen LogP contribution in [0.1, 0.15) is 68.6 Å². The molecule has 1 fully saturated rings. The van der Waals surface area contributed by atoms with Gasteiger partial charge < -0.3 is 19.9 Å². The fourth-order valence-corrected chi connectivity index (χ4v) is 5.35. The van der Waals surface area contributed by atoms with E-state index in [1.54, 1.807) is 25.1 Å². The Morgan fingerprint density at radius 3 is 2.62 bits per heavy atom. The number of aryl methyl sites for hydroxylation is 1. The third-order valence-electron chi connectivity index (χ3n) is 6.83. The van der Waals surface area contributed by atoms with Gasteiger partial charge in [-0.2, -0.15) is 0 Å². The van der Waals surface area contributed by atoms with Crippen LogP contribution in [0.3, 0.4) is 0 Å². The maximum Gasteiger partial charge on any atom is 0.397 e. The molecular formula is C27H32ClNO5. The number of halogens is 1. The predicted octanol–water partition coefficient (Wildman–Crippen LogP) is 6.34. The highest BCUT2D eigenvalue weighted by atomic mass is 35.5. The number of amides is 1. The first-order chi connectivity index (χ1) is 16.5. The van der Waals surface area contributed by atoms with Crippen LogP contribution in [0.2, 0.25) is 5.02 Å². The molecule has 0 bridgehead atoms. The fraction of sp³-hybridized carbons (Fsp3) is 0.481. The molecular weight excluding hydrogens is 454 g/mol. The van der Waals surface area contributed by atoms with Gasteiger partial charge in [0.1, 0.15) is 17.2 Å². The third-order valence-corrected chi connectivity index (χ3v) is 7.11. The molecule has 34 heavy (non-hydrogen) atoms. The molecule has 6 nitrogen and oxygen atoms in total. The van der Waals surface area contributed by atoms with Crippen LogP contribution in [0.4, 0.5) is 5.69 Å². The number of hydrogen-bond acceptors (Lipinski definition) is 5. The lowest BCUT2D eigenvalue weighted by Gasteiger charge is -2.21. The smallest absolute Gasteiger partial charge is 0.397 e. The molecule has 0 spiro atoms. The number of anilines is 1. The minimum Gasteiger partial charge on any atom is -0.508 e. The van der Waals surface area contributed by atoms with E-state index in [9.17, 15) is 14.7 Å². The predicted molar refractivity (Wildman–Crippen MR) is 132 cm³/mol. The summed E-state index contributed by atoms with van der Waals surface area (Å²) in [6.45, 7) is 1.78. The van der Waals surface area contributed by atoms with Crippen molar-refractivity contribution in [3.8, 4) is 17.2 Å². The summed E-state index contributed by atoms with van der Waals surface area (Å²) in [5.74, 6) is 0.463. The molecule has 4 rings (SSSR count). The first-order valence-corrected chi connectivity index (χ1v) is 12.7. The van der Waals surface area contributed by atoms with Crippen LogP contribution in [0.5, 0.6) is 17.2 Å². The molecule has 0 atom stereocenters. The zero-order valence-corrected chi connectivity index (χ0v) is 20.4. The number of esters is 1. The Hall–Kier alpha value is -2.73. The van der Waals surface area contributed by atoms with Gasteiger partial charge in [-0.1, -0.05) is 43.7 Å². The van der Waals surface area contributed by atoms with Crippen LogP contribution in [-0.2, 0) is 33.6 Å². The van der Waals surface area contributed by atoms with Crippen molar-refractivity contribution < 1.29 is 24.2 Å². The second-order valence-corrected chi connectivity index (χ2v) is 9.56. The normalized spacial score (nSPS) is 15.6. The number of ether oxygens (including phenoxy) is 2. The Balaban J connectivity index is 1.52. The molecule has 0 unspecified atom stereocenters. The zero-order chi connectivity index (χ0) is 24.1. The summed E-state index contributed by atoms with van der Waals surface area (Å²) in [5, 5.41) is 13.4. The SMILES string of the molecule is CCOC(=O)C(=O)Nc1cc(Cl)c(Oc2ccc(O)c(CCC3CCCCC3)c2)c2c1CCC2. The van der Waals surface area contributed by atoms with E-state index >= 15 is 0 Å². The van der Waals surface area contributed by atoms with Gasteiger partial charge in [-0.3, -0.25) is 4.79 Å². The van der Waals surface area contributed by atoms with E-state index in [1.165, 1.54) is 32.1 Å².